The second-order valence-corrected chi connectivity index (χ2v) is 7.48. The van der Waals surface area contributed by atoms with Crippen LogP contribution in [0.1, 0.15) is 34.8 Å². The molecule has 0 radical (unpaired) electrons. The normalized spacial score (nSPS) is 16.9. The number of fused-ring (bicyclic) bond motifs is 1. The van der Waals surface area contributed by atoms with Gasteiger partial charge in [0.2, 0.25) is 0 Å². The summed E-state index contributed by atoms with van der Waals surface area (Å²) in [4.78, 5) is 19.7. The number of aromatic nitrogens is 3. The van der Waals surface area contributed by atoms with Crippen LogP contribution < -0.4 is 0 Å². The van der Waals surface area contributed by atoms with Crippen molar-refractivity contribution in [3.8, 4) is 11.3 Å². The van der Waals surface area contributed by atoms with Crippen LogP contribution >= 0.6 is 11.3 Å². The molecule has 0 spiro atoms. The number of hydrogen-bond donors (Lipinski definition) is 0. The molecule has 134 valence electrons. The van der Waals surface area contributed by atoms with Gasteiger partial charge in [0, 0.05) is 18.3 Å². The Bertz CT molecular complexity index is 1090. The molecular formula is C21H18N4OS. The molecule has 1 unspecified atom stereocenters. The van der Waals surface area contributed by atoms with Gasteiger partial charge >= 0.3 is 0 Å². The summed E-state index contributed by atoms with van der Waals surface area (Å²) in [6.07, 6.45) is 5.43. The van der Waals surface area contributed by atoms with Crippen LogP contribution in [0.2, 0.25) is 0 Å². The Hall–Kier alpha value is -2.99. The molecule has 4 heterocycles. The molecule has 0 aliphatic carbocycles. The van der Waals surface area contributed by atoms with Crippen LogP contribution in [0.15, 0.2) is 65.6 Å². The van der Waals surface area contributed by atoms with Crippen molar-refractivity contribution in [1.82, 2.24) is 19.5 Å². The van der Waals surface area contributed by atoms with E-state index in [0.29, 0.717) is 11.2 Å². The van der Waals surface area contributed by atoms with Gasteiger partial charge in [0.15, 0.2) is 5.65 Å². The number of nitrogens with zero attached hydrogens (tertiary/aromatic N) is 4. The lowest BCUT2D eigenvalue weighted by Crippen LogP contribution is -2.30. The molecule has 1 aliphatic heterocycles. The molecule has 27 heavy (non-hydrogen) atoms. The second kappa shape index (κ2) is 6.63. The first-order valence-corrected chi connectivity index (χ1v) is 9.98. The first kappa shape index (κ1) is 16.2. The standard InChI is InChI=1S/C21H18N4OS/c26-21(24-11-4-7-18(24)16-9-12-27-14-16)17-13-23-25-19(8-10-22-20(17)25)15-5-2-1-3-6-15/h1-3,5-6,8-10,12-14,18H,4,7,11H2. The highest BCUT2D eigenvalue weighted by Gasteiger charge is 2.32. The third kappa shape index (κ3) is 2.73. The first-order chi connectivity index (χ1) is 13.3. The maximum atomic E-state index is 13.3. The van der Waals surface area contributed by atoms with Crippen molar-refractivity contribution in [3.63, 3.8) is 0 Å². The molecule has 6 heteroatoms. The van der Waals surface area contributed by atoms with Crippen molar-refractivity contribution in [1.29, 1.82) is 0 Å². The molecule has 1 atom stereocenters. The zero-order valence-corrected chi connectivity index (χ0v) is 15.5. The lowest BCUT2D eigenvalue weighted by Gasteiger charge is -2.23. The fraction of sp³-hybridized carbons (Fsp3) is 0.190. The van der Waals surface area contributed by atoms with E-state index in [9.17, 15) is 4.79 Å². The van der Waals surface area contributed by atoms with Crippen LogP contribution in [0.5, 0.6) is 0 Å². The lowest BCUT2D eigenvalue weighted by atomic mass is 10.1. The first-order valence-electron chi connectivity index (χ1n) is 9.04. The van der Waals surface area contributed by atoms with E-state index in [1.807, 2.05) is 41.3 Å². The van der Waals surface area contributed by atoms with Gasteiger partial charge in [-0.15, -0.1) is 0 Å². The molecule has 1 aliphatic rings. The quantitative estimate of drug-likeness (QED) is 0.533. The molecule has 5 rings (SSSR count). The van der Waals surface area contributed by atoms with Crippen molar-refractivity contribution >= 4 is 22.9 Å². The Morgan fingerprint density at radius 2 is 2.04 bits per heavy atom. The number of carbonyl (C=O) groups excluding carboxylic acids is 1. The van der Waals surface area contributed by atoms with Crippen LogP contribution in [0, 0.1) is 0 Å². The monoisotopic (exact) mass is 374 g/mol. The summed E-state index contributed by atoms with van der Waals surface area (Å²) in [7, 11) is 0. The molecule has 3 aromatic heterocycles. The molecule has 0 N–H and O–H groups in total. The van der Waals surface area contributed by atoms with Gasteiger partial charge in [-0.2, -0.15) is 16.4 Å². The lowest BCUT2D eigenvalue weighted by molar-refractivity contribution is 0.0737. The number of benzene rings is 1. The molecule has 1 amide bonds. The number of likely N-dealkylation sites (tertiary alicyclic amines) is 1. The van der Waals surface area contributed by atoms with E-state index < -0.39 is 0 Å². The highest BCUT2D eigenvalue weighted by atomic mass is 32.1. The maximum absolute atomic E-state index is 13.3. The van der Waals surface area contributed by atoms with E-state index in [0.717, 1.165) is 30.6 Å². The fourth-order valence-electron chi connectivity index (χ4n) is 3.85. The van der Waals surface area contributed by atoms with Gasteiger partial charge in [-0.25, -0.2) is 9.50 Å². The summed E-state index contributed by atoms with van der Waals surface area (Å²) in [5.41, 5.74) is 4.37. The third-order valence-corrected chi connectivity index (χ3v) is 5.84. The summed E-state index contributed by atoms with van der Waals surface area (Å²) in [5, 5.41) is 8.69. The van der Waals surface area contributed by atoms with E-state index in [-0.39, 0.29) is 11.9 Å². The van der Waals surface area contributed by atoms with E-state index in [1.54, 1.807) is 28.2 Å². The third-order valence-electron chi connectivity index (χ3n) is 5.14. The predicted molar refractivity (Wildman–Crippen MR) is 106 cm³/mol. The molecule has 0 bridgehead atoms. The summed E-state index contributed by atoms with van der Waals surface area (Å²) in [6, 6.07) is 14.2. The predicted octanol–water partition coefficient (Wildman–Crippen LogP) is 4.44. The Morgan fingerprint density at radius 1 is 1.15 bits per heavy atom. The van der Waals surface area contributed by atoms with Crippen LogP contribution in [0.3, 0.4) is 0 Å². The SMILES string of the molecule is O=C(c1cnn2c(-c3ccccc3)ccnc12)N1CCCC1c1ccsc1. The number of carbonyl (C=O) groups is 1. The van der Waals surface area contributed by atoms with Crippen LogP contribution in [-0.2, 0) is 0 Å². The minimum absolute atomic E-state index is 0.0106. The van der Waals surface area contributed by atoms with Crippen molar-refractivity contribution in [2.24, 2.45) is 0 Å². The molecule has 0 saturated carbocycles. The smallest absolute Gasteiger partial charge is 0.259 e. The van der Waals surface area contributed by atoms with Gasteiger partial charge < -0.3 is 4.90 Å². The summed E-state index contributed by atoms with van der Waals surface area (Å²) in [6.45, 7) is 0.773. The number of amides is 1. The van der Waals surface area contributed by atoms with Gasteiger partial charge in [0.25, 0.3) is 5.91 Å². The van der Waals surface area contributed by atoms with Crippen molar-refractivity contribution in [3.05, 3.63) is 76.7 Å². The molecule has 1 fully saturated rings. The second-order valence-electron chi connectivity index (χ2n) is 6.70. The average Bonchev–Trinajstić information content (AvgIpc) is 3.47. The molecule has 1 aromatic carbocycles. The molecule has 4 aromatic rings. The van der Waals surface area contributed by atoms with Crippen LogP contribution in [0.25, 0.3) is 16.9 Å². The van der Waals surface area contributed by atoms with E-state index in [2.05, 4.69) is 26.9 Å². The largest absolute Gasteiger partial charge is 0.331 e. The molecule has 5 nitrogen and oxygen atoms in total. The Balaban J connectivity index is 1.55. The van der Waals surface area contributed by atoms with Crippen molar-refractivity contribution < 1.29 is 4.79 Å². The molecular weight excluding hydrogens is 356 g/mol. The highest BCUT2D eigenvalue weighted by Crippen LogP contribution is 2.34. The topological polar surface area (TPSA) is 50.5 Å². The van der Waals surface area contributed by atoms with E-state index in [1.165, 1.54) is 5.56 Å². The Kier molecular flexibility index (Phi) is 3.98. The zero-order chi connectivity index (χ0) is 18.2. The number of hydrogen-bond acceptors (Lipinski definition) is 4. The number of thiophene rings is 1. The summed E-state index contributed by atoms with van der Waals surface area (Å²) >= 11 is 1.67. The van der Waals surface area contributed by atoms with Gasteiger partial charge in [0.05, 0.1) is 17.9 Å². The average molecular weight is 374 g/mol. The van der Waals surface area contributed by atoms with Crippen LogP contribution in [0.4, 0.5) is 0 Å². The van der Waals surface area contributed by atoms with Crippen LogP contribution in [-0.4, -0.2) is 31.9 Å². The van der Waals surface area contributed by atoms with E-state index in [4.69, 9.17) is 0 Å². The number of rotatable bonds is 3. The fourth-order valence-corrected chi connectivity index (χ4v) is 4.55. The minimum Gasteiger partial charge on any atom is -0.331 e. The maximum Gasteiger partial charge on any atom is 0.259 e. The summed E-state index contributed by atoms with van der Waals surface area (Å²) in [5.74, 6) is 0.0106. The van der Waals surface area contributed by atoms with Gasteiger partial charge in [-0.05, 0) is 41.3 Å². The van der Waals surface area contributed by atoms with Crippen molar-refractivity contribution in [2.75, 3.05) is 6.54 Å². The minimum atomic E-state index is 0.0106. The van der Waals surface area contributed by atoms with Gasteiger partial charge in [-0.1, -0.05) is 30.3 Å². The summed E-state index contributed by atoms with van der Waals surface area (Å²) < 4.78 is 1.76. The molecule has 1 saturated heterocycles. The zero-order valence-electron chi connectivity index (χ0n) is 14.7. The van der Waals surface area contributed by atoms with Gasteiger partial charge in [-0.3, -0.25) is 4.79 Å². The Labute approximate surface area is 160 Å². The van der Waals surface area contributed by atoms with Crippen molar-refractivity contribution in [2.45, 2.75) is 18.9 Å². The van der Waals surface area contributed by atoms with E-state index >= 15 is 0 Å². The van der Waals surface area contributed by atoms with Gasteiger partial charge in [0.1, 0.15) is 5.56 Å². The highest BCUT2D eigenvalue weighted by molar-refractivity contribution is 7.08. The Morgan fingerprint density at radius 3 is 2.85 bits per heavy atom.